The Morgan fingerprint density at radius 3 is 2.53 bits per heavy atom. The van der Waals surface area contributed by atoms with E-state index in [9.17, 15) is 32.3 Å². The molecule has 5 rings (SSSR count). The molecule has 3 heterocycles. The van der Waals surface area contributed by atoms with Gasteiger partial charge in [-0.2, -0.15) is 5.10 Å². The number of aryl methyl sites for hydroxylation is 1. The maximum absolute atomic E-state index is 13.8. The average molecular weight is 764 g/mol. The molecule has 0 spiro atoms. The van der Waals surface area contributed by atoms with Gasteiger partial charge in [-0.1, -0.05) is 23.7 Å². The topological polar surface area (TPSA) is 143 Å². The molecule has 1 aliphatic rings. The van der Waals surface area contributed by atoms with Gasteiger partial charge in [0.1, 0.15) is 17.6 Å². The minimum absolute atomic E-state index is 0.0798. The average Bonchev–Trinajstić information content (AvgIpc) is 3.55. The first kappa shape index (κ1) is 39.4. The number of alkyl halides is 3. The van der Waals surface area contributed by atoms with E-state index in [1.165, 1.54) is 28.7 Å². The third-order valence-corrected chi connectivity index (χ3v) is 8.66. The van der Waals surface area contributed by atoms with Crippen LogP contribution < -0.4 is 15.6 Å². The number of pyridine rings is 1. The highest BCUT2D eigenvalue weighted by molar-refractivity contribution is 6.32. The Hall–Kier alpha value is -4.83. The predicted octanol–water partition coefficient (Wildman–Crippen LogP) is 6.72. The third-order valence-electron chi connectivity index (χ3n) is 8.37. The number of nitrogens with zero attached hydrogens (tertiary/aromatic N) is 4. The zero-order chi connectivity index (χ0) is 38.5. The van der Waals surface area contributed by atoms with E-state index in [0.29, 0.717) is 34.9 Å². The summed E-state index contributed by atoms with van der Waals surface area (Å²) in [5.41, 5.74) is 0.203. The summed E-state index contributed by atoms with van der Waals surface area (Å²) in [5, 5.41) is 8.44. The Labute approximate surface area is 307 Å². The van der Waals surface area contributed by atoms with E-state index in [2.05, 4.69) is 15.2 Å². The van der Waals surface area contributed by atoms with Gasteiger partial charge < -0.3 is 33.7 Å². The van der Waals surface area contributed by atoms with Crippen LogP contribution in [0, 0.1) is 0 Å². The molecule has 0 radical (unpaired) electrons. The van der Waals surface area contributed by atoms with Crippen molar-refractivity contribution >= 4 is 51.4 Å². The van der Waals surface area contributed by atoms with Crippen molar-refractivity contribution in [1.82, 2.24) is 24.6 Å². The summed E-state index contributed by atoms with van der Waals surface area (Å²) in [7, 11) is 1.27. The predicted molar refractivity (Wildman–Crippen MR) is 189 cm³/mol. The van der Waals surface area contributed by atoms with Crippen molar-refractivity contribution in [2.24, 2.45) is 0 Å². The van der Waals surface area contributed by atoms with Crippen molar-refractivity contribution < 1.29 is 46.5 Å². The number of halogens is 4. The number of benzene rings is 2. The maximum Gasteiger partial charge on any atom is 0.573 e. The molecule has 13 nitrogen and oxygen atoms in total. The Morgan fingerprint density at radius 2 is 1.87 bits per heavy atom. The van der Waals surface area contributed by atoms with Gasteiger partial charge in [0, 0.05) is 56.2 Å². The van der Waals surface area contributed by atoms with E-state index in [-0.39, 0.29) is 60.5 Å². The number of nitrogens with one attached hydrogen (secondary N) is 1. The van der Waals surface area contributed by atoms with Crippen LogP contribution in [0.25, 0.3) is 21.8 Å². The number of hydrogen-bond donors (Lipinski definition) is 1. The fourth-order valence-electron chi connectivity index (χ4n) is 5.94. The number of methoxy groups -OCH3 is 1. The largest absolute Gasteiger partial charge is 0.573 e. The van der Waals surface area contributed by atoms with Crippen molar-refractivity contribution in [1.29, 1.82) is 0 Å². The summed E-state index contributed by atoms with van der Waals surface area (Å²) < 4.78 is 61.5. The van der Waals surface area contributed by atoms with Gasteiger partial charge in [-0.05, 0) is 76.3 Å². The lowest BCUT2D eigenvalue weighted by atomic mass is 10.1. The van der Waals surface area contributed by atoms with Gasteiger partial charge in [0.2, 0.25) is 5.91 Å². The molecular weight excluding hydrogens is 723 g/mol. The van der Waals surface area contributed by atoms with Crippen LogP contribution in [0.2, 0.25) is 5.02 Å². The Bertz CT molecular complexity index is 2040. The van der Waals surface area contributed by atoms with Crippen LogP contribution in [-0.2, 0) is 32.1 Å². The van der Waals surface area contributed by atoms with Crippen molar-refractivity contribution in [2.45, 2.75) is 84.2 Å². The molecule has 1 saturated heterocycles. The monoisotopic (exact) mass is 763 g/mol. The molecule has 0 saturated carbocycles. The molecule has 4 aromatic rings. The van der Waals surface area contributed by atoms with Crippen molar-refractivity contribution in [2.75, 3.05) is 26.8 Å². The highest BCUT2D eigenvalue weighted by Crippen LogP contribution is 2.32. The van der Waals surface area contributed by atoms with Crippen LogP contribution in [0.4, 0.5) is 18.0 Å². The lowest BCUT2D eigenvalue weighted by Crippen LogP contribution is -2.39. The molecular formula is C36H41ClF3N5O8. The number of ether oxygens (including phenoxy) is 4. The van der Waals surface area contributed by atoms with Gasteiger partial charge in [-0.25, -0.2) is 14.3 Å². The Morgan fingerprint density at radius 1 is 1.09 bits per heavy atom. The first-order valence-electron chi connectivity index (χ1n) is 17.1. The molecule has 286 valence electrons. The molecule has 1 N–H and O–H groups in total. The summed E-state index contributed by atoms with van der Waals surface area (Å²) >= 11 is 6.00. The number of rotatable bonds is 12. The van der Waals surface area contributed by atoms with Crippen LogP contribution in [-0.4, -0.2) is 76.0 Å². The van der Waals surface area contributed by atoms with E-state index >= 15 is 0 Å². The van der Waals surface area contributed by atoms with Gasteiger partial charge in [-0.15, -0.1) is 13.2 Å². The molecule has 0 aliphatic carbocycles. The summed E-state index contributed by atoms with van der Waals surface area (Å²) in [6, 6.07) is 8.60. The summed E-state index contributed by atoms with van der Waals surface area (Å²) in [6.07, 6.45) is -1.24. The maximum atomic E-state index is 13.8. The Balaban J connectivity index is 1.27. The fourth-order valence-corrected chi connectivity index (χ4v) is 6.18. The molecule has 1 unspecified atom stereocenters. The van der Waals surface area contributed by atoms with Crippen LogP contribution in [0.3, 0.4) is 0 Å². The first-order chi connectivity index (χ1) is 25.0. The second kappa shape index (κ2) is 16.5. The zero-order valence-electron chi connectivity index (χ0n) is 29.8. The lowest BCUT2D eigenvalue weighted by Gasteiger charge is -2.27. The molecule has 53 heavy (non-hydrogen) atoms. The molecule has 17 heteroatoms. The zero-order valence-corrected chi connectivity index (χ0v) is 30.5. The molecule has 2 aromatic carbocycles. The fraction of sp³-hybridized carbons (Fsp3) is 0.472. The second-order valence-corrected chi connectivity index (χ2v) is 13.9. The SMILES string of the molecule is COC(=O)c1ccc2c3cn(C4CCCCO4)nc3c(=O)n(CCCNC(=O)CCN(Cc3ccc(OC(F)(F)F)c(Cl)c3)C(=O)OC(C)(C)C)c2c1. The van der Waals surface area contributed by atoms with E-state index in [0.717, 1.165) is 25.3 Å². The van der Waals surface area contributed by atoms with Crippen LogP contribution in [0.1, 0.15) is 75.0 Å². The third kappa shape index (κ3) is 10.2. The summed E-state index contributed by atoms with van der Waals surface area (Å²) in [4.78, 5) is 53.4. The van der Waals surface area contributed by atoms with Gasteiger partial charge >= 0.3 is 18.4 Å². The standard InChI is InChI=1S/C36H41ClF3N5O8/c1-35(2,3)53-34(49)43(20-22-9-12-28(26(37)18-22)52-36(38,39)40)16-13-29(46)41-14-7-15-44-27-19-23(33(48)50-4)10-11-24(27)25-21-45(42-31(25)32(44)47)30-8-5-6-17-51-30/h9-12,18-19,21,30H,5-8,13-17,20H2,1-4H3,(H,41,46). The number of esters is 1. The van der Waals surface area contributed by atoms with Gasteiger partial charge in [0.15, 0.2) is 5.52 Å². The first-order valence-corrected chi connectivity index (χ1v) is 17.4. The minimum Gasteiger partial charge on any atom is -0.465 e. The smallest absolute Gasteiger partial charge is 0.465 e. The van der Waals surface area contributed by atoms with Crippen LogP contribution in [0.15, 0.2) is 47.4 Å². The van der Waals surface area contributed by atoms with Gasteiger partial charge in [0.25, 0.3) is 5.56 Å². The van der Waals surface area contributed by atoms with Crippen LogP contribution >= 0.6 is 11.6 Å². The number of hydrogen-bond acceptors (Lipinski definition) is 9. The van der Waals surface area contributed by atoms with E-state index < -0.39 is 35.7 Å². The molecule has 0 bridgehead atoms. The van der Waals surface area contributed by atoms with E-state index in [1.54, 1.807) is 49.8 Å². The van der Waals surface area contributed by atoms with Crippen LogP contribution in [0.5, 0.6) is 5.75 Å². The molecule has 2 aromatic heterocycles. The molecule has 1 aliphatic heterocycles. The number of aromatic nitrogens is 3. The molecule has 1 atom stereocenters. The highest BCUT2D eigenvalue weighted by Gasteiger charge is 2.32. The second-order valence-electron chi connectivity index (χ2n) is 13.5. The molecule has 2 amide bonds. The number of fused-ring (bicyclic) bond motifs is 3. The number of carbonyl (C=O) groups excluding carboxylic acids is 3. The van der Waals surface area contributed by atoms with Crippen molar-refractivity contribution in [3.05, 3.63) is 69.1 Å². The van der Waals surface area contributed by atoms with E-state index in [4.69, 9.17) is 25.8 Å². The van der Waals surface area contributed by atoms with Gasteiger partial charge in [0.05, 0.1) is 23.2 Å². The summed E-state index contributed by atoms with van der Waals surface area (Å²) in [6.45, 7) is 5.80. The summed E-state index contributed by atoms with van der Waals surface area (Å²) in [5.74, 6) is -1.54. The highest BCUT2D eigenvalue weighted by atomic mass is 35.5. The van der Waals surface area contributed by atoms with Crippen molar-refractivity contribution in [3.8, 4) is 5.75 Å². The quantitative estimate of drug-likeness (QED) is 0.123. The normalized spacial score (nSPS) is 15.0. The lowest BCUT2D eigenvalue weighted by molar-refractivity contribution is -0.274. The van der Waals surface area contributed by atoms with Crippen molar-refractivity contribution in [3.63, 3.8) is 0 Å². The Kier molecular flexibility index (Phi) is 12.2. The number of carbonyl (C=O) groups is 3. The molecule has 1 fully saturated rings. The van der Waals surface area contributed by atoms with E-state index in [1.807, 2.05) is 0 Å². The van der Waals surface area contributed by atoms with Gasteiger partial charge in [-0.3, -0.25) is 9.59 Å². The minimum atomic E-state index is -4.93. The number of amides is 2.